The van der Waals surface area contributed by atoms with Crippen LogP contribution in [0.15, 0.2) is 22.7 Å². The Morgan fingerprint density at radius 1 is 1.50 bits per heavy atom. The van der Waals surface area contributed by atoms with Crippen molar-refractivity contribution in [1.29, 1.82) is 0 Å². The average molecular weight is 292 g/mol. The van der Waals surface area contributed by atoms with E-state index in [1.54, 1.807) is 10.7 Å². The number of aromatic nitrogens is 4. The summed E-state index contributed by atoms with van der Waals surface area (Å²) in [5.41, 5.74) is 0.830. The van der Waals surface area contributed by atoms with Crippen LogP contribution in [0.25, 0.3) is 5.69 Å². The van der Waals surface area contributed by atoms with Gasteiger partial charge in [-0.3, -0.25) is 0 Å². The minimum Gasteiger partial charge on any atom is -0.210 e. The number of hydrogen-bond acceptors (Lipinski definition) is 3. The second kappa shape index (κ2) is 3.80. The molecule has 0 unspecified atom stereocenters. The molecule has 72 valence electrons. The second-order valence-corrected chi connectivity index (χ2v) is 4.14. The first-order chi connectivity index (χ1) is 6.68. The van der Waals surface area contributed by atoms with E-state index in [1.807, 2.05) is 12.1 Å². The number of nitrogens with zero attached hydrogens (tertiary/aromatic N) is 3. The quantitative estimate of drug-likeness (QED) is 0.822. The van der Waals surface area contributed by atoms with Crippen molar-refractivity contribution in [3.8, 4) is 5.69 Å². The molecule has 0 spiro atoms. The van der Waals surface area contributed by atoms with Gasteiger partial charge in [0.1, 0.15) is 0 Å². The van der Waals surface area contributed by atoms with E-state index >= 15 is 0 Å². The van der Waals surface area contributed by atoms with Crippen LogP contribution in [-0.4, -0.2) is 20.2 Å². The fourth-order valence-corrected chi connectivity index (χ4v) is 1.66. The minimum atomic E-state index is 0.374. The molecule has 0 bridgehead atoms. The molecule has 0 fully saturated rings. The monoisotopic (exact) mass is 290 g/mol. The zero-order valence-electron chi connectivity index (χ0n) is 6.74. The van der Waals surface area contributed by atoms with Crippen molar-refractivity contribution in [2.45, 2.75) is 0 Å². The van der Waals surface area contributed by atoms with E-state index in [2.05, 4.69) is 31.5 Å². The molecule has 1 heterocycles. The van der Waals surface area contributed by atoms with Crippen LogP contribution < -0.4 is 0 Å². The number of nitrogens with one attached hydrogen (secondary N) is 1. The summed E-state index contributed by atoms with van der Waals surface area (Å²) in [7, 11) is 0. The summed E-state index contributed by atoms with van der Waals surface area (Å²) in [6.07, 6.45) is 0. The molecule has 0 amide bonds. The van der Waals surface area contributed by atoms with E-state index in [4.69, 9.17) is 23.8 Å². The Balaban J connectivity index is 2.59. The standard InChI is InChI=1S/C7H4BrClN4S/c8-5-3-4(1-2-6(5)9)13-7(14)10-11-12-13/h1-3H,(H,10,12,14). The van der Waals surface area contributed by atoms with Crippen LogP contribution in [0.2, 0.25) is 5.02 Å². The molecule has 2 rings (SSSR count). The summed E-state index contributed by atoms with van der Waals surface area (Å²) in [5.74, 6) is 0. The van der Waals surface area contributed by atoms with E-state index in [1.165, 1.54) is 0 Å². The van der Waals surface area contributed by atoms with Gasteiger partial charge in [0.15, 0.2) is 0 Å². The zero-order chi connectivity index (χ0) is 10.1. The maximum absolute atomic E-state index is 5.86. The number of hydrogen-bond donors (Lipinski definition) is 1. The maximum Gasteiger partial charge on any atom is 0.242 e. The van der Waals surface area contributed by atoms with Crippen molar-refractivity contribution < 1.29 is 0 Å². The summed E-state index contributed by atoms with van der Waals surface area (Å²) in [6.45, 7) is 0. The molecular formula is C7H4BrClN4S. The van der Waals surface area contributed by atoms with Gasteiger partial charge in [-0.1, -0.05) is 21.9 Å². The van der Waals surface area contributed by atoms with Gasteiger partial charge in [0.2, 0.25) is 4.77 Å². The van der Waals surface area contributed by atoms with Gasteiger partial charge in [0.25, 0.3) is 0 Å². The highest BCUT2D eigenvalue weighted by Crippen LogP contribution is 2.24. The number of H-pyrrole nitrogens is 1. The predicted molar refractivity (Wildman–Crippen MR) is 59.3 cm³/mol. The van der Waals surface area contributed by atoms with Crippen molar-refractivity contribution >= 4 is 39.7 Å². The van der Waals surface area contributed by atoms with Crippen LogP contribution in [0.3, 0.4) is 0 Å². The molecule has 0 aliphatic carbocycles. The van der Waals surface area contributed by atoms with Crippen molar-refractivity contribution in [3.63, 3.8) is 0 Å². The summed E-state index contributed by atoms with van der Waals surface area (Å²) < 4.78 is 2.75. The Bertz CT molecular complexity index is 520. The van der Waals surface area contributed by atoms with Crippen LogP contribution in [0.5, 0.6) is 0 Å². The third-order valence-corrected chi connectivity index (χ3v) is 3.11. The first-order valence-corrected chi connectivity index (χ1v) is 5.22. The highest BCUT2D eigenvalue weighted by molar-refractivity contribution is 9.10. The fraction of sp³-hybridized carbons (Fsp3) is 0. The molecule has 14 heavy (non-hydrogen) atoms. The number of aromatic amines is 1. The molecule has 0 radical (unpaired) electrons. The summed E-state index contributed by atoms with van der Waals surface area (Å²) in [4.78, 5) is 0. The van der Waals surface area contributed by atoms with Gasteiger partial charge >= 0.3 is 0 Å². The average Bonchev–Trinajstić information content (AvgIpc) is 2.57. The van der Waals surface area contributed by atoms with Gasteiger partial charge < -0.3 is 0 Å². The van der Waals surface area contributed by atoms with Gasteiger partial charge in [-0.05, 0) is 46.3 Å². The Morgan fingerprint density at radius 2 is 2.29 bits per heavy atom. The molecule has 0 saturated heterocycles. The molecule has 0 atom stereocenters. The first-order valence-electron chi connectivity index (χ1n) is 3.64. The van der Waals surface area contributed by atoms with E-state index in [9.17, 15) is 0 Å². The van der Waals surface area contributed by atoms with E-state index in [0.29, 0.717) is 9.79 Å². The Kier molecular flexibility index (Phi) is 2.66. The van der Waals surface area contributed by atoms with Gasteiger partial charge in [-0.2, -0.15) is 5.21 Å². The number of benzene rings is 1. The molecule has 7 heteroatoms. The summed E-state index contributed by atoms with van der Waals surface area (Å²) in [6, 6.07) is 5.42. The number of rotatable bonds is 1. The molecule has 0 saturated carbocycles. The zero-order valence-corrected chi connectivity index (χ0v) is 9.90. The van der Waals surface area contributed by atoms with Crippen LogP contribution in [0.1, 0.15) is 0 Å². The van der Waals surface area contributed by atoms with E-state index in [-0.39, 0.29) is 0 Å². The van der Waals surface area contributed by atoms with Crippen molar-refractivity contribution in [3.05, 3.63) is 32.5 Å². The molecule has 4 nitrogen and oxygen atoms in total. The van der Waals surface area contributed by atoms with Crippen LogP contribution in [-0.2, 0) is 0 Å². The molecule has 1 aromatic heterocycles. The molecule has 2 aromatic rings. The Labute approximate surface area is 98.0 Å². The van der Waals surface area contributed by atoms with Crippen molar-refractivity contribution in [1.82, 2.24) is 20.2 Å². The molecule has 1 aromatic carbocycles. The normalized spacial score (nSPS) is 10.4. The largest absolute Gasteiger partial charge is 0.242 e. The van der Waals surface area contributed by atoms with Gasteiger partial charge in [0, 0.05) is 4.47 Å². The SMILES string of the molecule is S=c1nn[nH]n1-c1ccc(Cl)c(Br)c1. The lowest BCUT2D eigenvalue weighted by Crippen LogP contribution is -1.96. The van der Waals surface area contributed by atoms with Gasteiger partial charge in [0.05, 0.1) is 10.7 Å². The van der Waals surface area contributed by atoms with Gasteiger partial charge in [-0.25, -0.2) is 4.68 Å². The summed E-state index contributed by atoms with van der Waals surface area (Å²) >= 11 is 14.1. The Hall–Kier alpha value is -0.720. The molecule has 0 aliphatic heterocycles. The third kappa shape index (κ3) is 1.73. The second-order valence-electron chi connectivity index (χ2n) is 2.52. The Morgan fingerprint density at radius 3 is 2.86 bits per heavy atom. The number of halogens is 2. The predicted octanol–water partition coefficient (Wildman–Crippen LogP) is 2.74. The topological polar surface area (TPSA) is 46.5 Å². The van der Waals surface area contributed by atoms with Gasteiger partial charge in [-0.15, -0.1) is 0 Å². The van der Waals surface area contributed by atoms with E-state index in [0.717, 1.165) is 10.2 Å². The molecular weight excluding hydrogens is 288 g/mol. The molecule has 1 N–H and O–H groups in total. The number of tetrazole rings is 1. The lowest BCUT2D eigenvalue weighted by molar-refractivity contribution is 0.785. The summed E-state index contributed by atoms with van der Waals surface area (Å²) in [5, 5.41) is 10.6. The highest BCUT2D eigenvalue weighted by Gasteiger charge is 2.02. The molecule has 0 aliphatic rings. The van der Waals surface area contributed by atoms with Crippen LogP contribution in [0, 0.1) is 4.77 Å². The highest BCUT2D eigenvalue weighted by atomic mass is 79.9. The lowest BCUT2D eigenvalue weighted by Gasteiger charge is -2.01. The lowest BCUT2D eigenvalue weighted by atomic mass is 10.3. The smallest absolute Gasteiger partial charge is 0.210 e. The minimum absolute atomic E-state index is 0.374. The fourth-order valence-electron chi connectivity index (χ4n) is 0.990. The van der Waals surface area contributed by atoms with Crippen LogP contribution in [0.4, 0.5) is 0 Å². The van der Waals surface area contributed by atoms with E-state index < -0.39 is 0 Å². The third-order valence-electron chi connectivity index (χ3n) is 1.63. The maximum atomic E-state index is 5.86. The first kappa shape index (κ1) is 9.82. The van der Waals surface area contributed by atoms with Crippen molar-refractivity contribution in [2.75, 3.05) is 0 Å². The van der Waals surface area contributed by atoms with Crippen molar-refractivity contribution in [2.24, 2.45) is 0 Å². The van der Waals surface area contributed by atoms with Crippen LogP contribution >= 0.6 is 39.7 Å².